The zero-order valence-corrected chi connectivity index (χ0v) is 13.4. The van der Waals surface area contributed by atoms with E-state index in [9.17, 15) is 4.79 Å². The lowest BCUT2D eigenvalue weighted by atomic mass is 9.98. The van der Waals surface area contributed by atoms with E-state index in [2.05, 4.69) is 30.9 Å². The molecule has 0 bridgehead atoms. The fourth-order valence-corrected chi connectivity index (χ4v) is 3.64. The van der Waals surface area contributed by atoms with Crippen molar-refractivity contribution in [3.8, 4) is 0 Å². The zero-order valence-electron chi connectivity index (χ0n) is 13.4. The number of ether oxygens (including phenoxy) is 2. The number of morpholine rings is 1. The number of nitrogens with zero attached hydrogens (tertiary/aromatic N) is 1. The fraction of sp³-hybridized carbons (Fsp3) is 0.611. The zero-order chi connectivity index (χ0) is 15.5. The monoisotopic (exact) mass is 303 g/mol. The maximum atomic E-state index is 12.3. The number of rotatable bonds is 5. The van der Waals surface area contributed by atoms with Gasteiger partial charge in [-0.2, -0.15) is 0 Å². The van der Waals surface area contributed by atoms with Crippen molar-refractivity contribution in [3.05, 3.63) is 35.9 Å². The molecule has 0 spiro atoms. The summed E-state index contributed by atoms with van der Waals surface area (Å²) in [6.45, 7) is 4.71. The van der Waals surface area contributed by atoms with Crippen molar-refractivity contribution in [2.75, 3.05) is 6.61 Å². The summed E-state index contributed by atoms with van der Waals surface area (Å²) in [7, 11) is 0. The molecule has 0 unspecified atom stereocenters. The molecule has 2 heterocycles. The molecule has 2 fully saturated rings. The van der Waals surface area contributed by atoms with Crippen LogP contribution in [0.2, 0.25) is 0 Å². The van der Waals surface area contributed by atoms with Gasteiger partial charge in [0.05, 0.1) is 12.1 Å². The molecule has 120 valence electrons. The second-order valence-electron chi connectivity index (χ2n) is 6.16. The smallest absolute Gasteiger partial charge is 0.326 e. The second kappa shape index (κ2) is 6.80. The van der Waals surface area contributed by atoms with Crippen LogP contribution in [-0.4, -0.2) is 35.8 Å². The van der Waals surface area contributed by atoms with Crippen LogP contribution in [0.25, 0.3) is 0 Å². The standard InChI is InChI=1S/C18H25NO3/c1-3-8-15-17-18(20)21-12-14(13-10-6-5-7-11-13)19(17)16(22-15)9-4-2/h5-7,10-11,14-17H,3-4,8-9,12H2,1-2H3/t14-,15-,16+,17+/m1/s1. The molecular formula is C18H25NO3. The Kier molecular flexibility index (Phi) is 4.79. The first-order valence-electron chi connectivity index (χ1n) is 8.40. The van der Waals surface area contributed by atoms with E-state index in [1.54, 1.807) is 0 Å². The van der Waals surface area contributed by atoms with E-state index in [4.69, 9.17) is 9.47 Å². The molecule has 3 rings (SSSR count). The van der Waals surface area contributed by atoms with Gasteiger partial charge >= 0.3 is 5.97 Å². The van der Waals surface area contributed by atoms with Gasteiger partial charge in [0.1, 0.15) is 18.9 Å². The Labute approximate surface area is 132 Å². The van der Waals surface area contributed by atoms with Crippen molar-refractivity contribution in [1.29, 1.82) is 0 Å². The van der Waals surface area contributed by atoms with Crippen LogP contribution >= 0.6 is 0 Å². The van der Waals surface area contributed by atoms with Crippen LogP contribution in [0.5, 0.6) is 0 Å². The molecule has 2 aliphatic rings. The second-order valence-corrected chi connectivity index (χ2v) is 6.16. The minimum absolute atomic E-state index is 0.0182. The Hall–Kier alpha value is -1.39. The van der Waals surface area contributed by atoms with Gasteiger partial charge in [0, 0.05) is 0 Å². The summed E-state index contributed by atoms with van der Waals surface area (Å²) >= 11 is 0. The van der Waals surface area contributed by atoms with E-state index >= 15 is 0 Å². The molecule has 0 radical (unpaired) electrons. The number of cyclic esters (lactones) is 1. The topological polar surface area (TPSA) is 38.8 Å². The molecule has 0 N–H and O–H groups in total. The molecule has 1 aromatic carbocycles. The molecule has 22 heavy (non-hydrogen) atoms. The van der Waals surface area contributed by atoms with E-state index in [0.29, 0.717) is 6.61 Å². The van der Waals surface area contributed by atoms with Crippen molar-refractivity contribution in [1.82, 2.24) is 4.90 Å². The summed E-state index contributed by atoms with van der Waals surface area (Å²) in [6, 6.07) is 10.2. The van der Waals surface area contributed by atoms with Gasteiger partial charge in [-0.25, -0.2) is 0 Å². The number of carbonyl (C=O) groups is 1. The van der Waals surface area contributed by atoms with Gasteiger partial charge in [-0.3, -0.25) is 9.69 Å². The summed E-state index contributed by atoms with van der Waals surface area (Å²) in [5.41, 5.74) is 1.20. The predicted molar refractivity (Wildman–Crippen MR) is 84.2 cm³/mol. The molecule has 0 amide bonds. The SMILES string of the molecule is CCC[C@@H]1O[C@H](CCC)[C@H]2C(=O)OC[C@H](c3ccccc3)N12. The highest BCUT2D eigenvalue weighted by atomic mass is 16.6. The summed E-state index contributed by atoms with van der Waals surface area (Å²) in [4.78, 5) is 14.6. The fourth-order valence-electron chi connectivity index (χ4n) is 3.64. The number of benzene rings is 1. The van der Waals surface area contributed by atoms with Gasteiger partial charge in [0.15, 0.2) is 0 Å². The van der Waals surface area contributed by atoms with Crippen molar-refractivity contribution < 1.29 is 14.3 Å². The first-order chi connectivity index (χ1) is 10.8. The minimum atomic E-state index is -0.254. The third-order valence-corrected chi connectivity index (χ3v) is 4.62. The lowest BCUT2D eigenvalue weighted by Gasteiger charge is -2.39. The van der Waals surface area contributed by atoms with Crippen LogP contribution in [0.3, 0.4) is 0 Å². The number of hydrogen-bond acceptors (Lipinski definition) is 4. The van der Waals surface area contributed by atoms with Crippen LogP contribution in [0.15, 0.2) is 30.3 Å². The normalized spacial score (nSPS) is 31.8. The van der Waals surface area contributed by atoms with E-state index in [-0.39, 0.29) is 30.4 Å². The lowest BCUT2D eigenvalue weighted by Crippen LogP contribution is -2.52. The summed E-state index contributed by atoms with van der Waals surface area (Å²) in [5, 5.41) is 0. The first-order valence-corrected chi connectivity index (χ1v) is 8.40. The molecule has 2 saturated heterocycles. The molecule has 4 heteroatoms. The average Bonchev–Trinajstić information content (AvgIpc) is 2.89. The van der Waals surface area contributed by atoms with Gasteiger partial charge in [-0.05, 0) is 18.4 Å². The summed E-state index contributed by atoms with van der Waals surface area (Å²) in [6.07, 6.45) is 3.89. The Morgan fingerprint density at radius 3 is 2.55 bits per heavy atom. The van der Waals surface area contributed by atoms with Crippen LogP contribution in [0, 0.1) is 0 Å². The molecule has 4 atom stereocenters. The van der Waals surface area contributed by atoms with Crippen LogP contribution in [0.4, 0.5) is 0 Å². The van der Waals surface area contributed by atoms with Gasteiger partial charge < -0.3 is 9.47 Å². The minimum Gasteiger partial charge on any atom is -0.462 e. The third-order valence-electron chi connectivity index (χ3n) is 4.62. The Balaban J connectivity index is 1.92. The maximum Gasteiger partial charge on any atom is 0.326 e. The van der Waals surface area contributed by atoms with Crippen molar-refractivity contribution in [2.24, 2.45) is 0 Å². The van der Waals surface area contributed by atoms with Gasteiger partial charge in [0.25, 0.3) is 0 Å². The maximum absolute atomic E-state index is 12.3. The lowest BCUT2D eigenvalue weighted by molar-refractivity contribution is -0.163. The van der Waals surface area contributed by atoms with Gasteiger partial charge in [0.2, 0.25) is 0 Å². The highest BCUT2D eigenvalue weighted by molar-refractivity contribution is 5.78. The summed E-state index contributed by atoms with van der Waals surface area (Å²) in [5.74, 6) is -0.121. The van der Waals surface area contributed by atoms with E-state index in [1.165, 1.54) is 5.56 Å². The number of hydrogen-bond donors (Lipinski definition) is 0. The third kappa shape index (κ3) is 2.77. The Morgan fingerprint density at radius 1 is 1.14 bits per heavy atom. The number of fused-ring (bicyclic) bond motifs is 1. The molecule has 0 aliphatic carbocycles. The first kappa shape index (κ1) is 15.5. The number of carbonyl (C=O) groups excluding carboxylic acids is 1. The van der Waals surface area contributed by atoms with E-state index in [0.717, 1.165) is 25.7 Å². The molecular weight excluding hydrogens is 278 g/mol. The molecule has 0 saturated carbocycles. The largest absolute Gasteiger partial charge is 0.462 e. The van der Waals surface area contributed by atoms with E-state index in [1.807, 2.05) is 18.2 Å². The molecule has 1 aromatic rings. The van der Waals surface area contributed by atoms with Crippen LogP contribution in [0.1, 0.15) is 51.1 Å². The van der Waals surface area contributed by atoms with Crippen LogP contribution in [-0.2, 0) is 14.3 Å². The van der Waals surface area contributed by atoms with Crippen molar-refractivity contribution in [3.63, 3.8) is 0 Å². The highest BCUT2D eigenvalue weighted by Gasteiger charge is 2.52. The highest BCUT2D eigenvalue weighted by Crippen LogP contribution is 2.39. The molecule has 4 nitrogen and oxygen atoms in total. The molecule has 0 aromatic heterocycles. The predicted octanol–water partition coefficient (Wildman–Crippen LogP) is 3.28. The van der Waals surface area contributed by atoms with Crippen molar-refractivity contribution >= 4 is 5.97 Å². The average molecular weight is 303 g/mol. The Morgan fingerprint density at radius 2 is 1.86 bits per heavy atom. The Bertz CT molecular complexity index is 504. The van der Waals surface area contributed by atoms with Gasteiger partial charge in [-0.15, -0.1) is 0 Å². The molecule has 2 aliphatic heterocycles. The van der Waals surface area contributed by atoms with Gasteiger partial charge in [-0.1, -0.05) is 57.0 Å². The van der Waals surface area contributed by atoms with Crippen molar-refractivity contribution in [2.45, 2.75) is 63.9 Å². The summed E-state index contributed by atoms with van der Waals surface area (Å²) < 4.78 is 11.7. The quantitative estimate of drug-likeness (QED) is 0.783. The van der Waals surface area contributed by atoms with E-state index < -0.39 is 0 Å². The number of esters is 1. The van der Waals surface area contributed by atoms with Crippen LogP contribution < -0.4 is 0 Å².